The summed E-state index contributed by atoms with van der Waals surface area (Å²) in [6.07, 6.45) is 0. The summed E-state index contributed by atoms with van der Waals surface area (Å²) in [7, 11) is 5.95. The Morgan fingerprint density at radius 1 is 1.27 bits per heavy atom. The summed E-state index contributed by atoms with van der Waals surface area (Å²) in [6, 6.07) is 9.59. The maximum absolute atomic E-state index is 11.0. The molecular weight excluding hydrogens is 400 g/mol. The average molecular weight is 411 g/mol. The zero-order valence-corrected chi connectivity index (χ0v) is 15.0. The van der Waals surface area contributed by atoms with E-state index in [4.69, 9.17) is 13.0 Å². The summed E-state index contributed by atoms with van der Waals surface area (Å²) >= 11 is -1.52. The van der Waals surface area contributed by atoms with Crippen LogP contribution < -0.4 is 0 Å². The van der Waals surface area contributed by atoms with Crippen LogP contribution in [-0.2, 0) is 32.9 Å². The van der Waals surface area contributed by atoms with Gasteiger partial charge in [0, 0.05) is 0 Å². The molecule has 0 aliphatic rings. The Hall–Kier alpha value is -0.345. The fraction of sp³-hybridized carbons (Fsp3) is 0.182. The predicted molar refractivity (Wildman–Crippen MR) is 56.7 cm³/mol. The van der Waals surface area contributed by atoms with E-state index in [0.29, 0.717) is 5.76 Å². The van der Waals surface area contributed by atoms with Crippen LogP contribution in [0.4, 0.5) is 0 Å². The van der Waals surface area contributed by atoms with Gasteiger partial charge in [-0.15, -0.1) is 0 Å². The first-order valence-corrected chi connectivity index (χ1v) is 14.2. The number of carbonyl (C=O) groups is 1. The van der Waals surface area contributed by atoms with Crippen LogP contribution in [0.2, 0.25) is 0 Å². The first kappa shape index (κ1) is 12.7. The number of rotatable bonds is 3. The van der Waals surface area contributed by atoms with E-state index < -0.39 is 23.3 Å². The van der Waals surface area contributed by atoms with Crippen LogP contribution in [0, 0.1) is 0 Å². The molecule has 0 aliphatic heterocycles. The SMILES string of the molecule is CC(=O)O/C(=[C](\C)[Hg][Cl])c1ccccc1. The number of hydrogen-bond donors (Lipinski definition) is 0. The second-order valence-corrected chi connectivity index (χ2v) is 10.7. The van der Waals surface area contributed by atoms with Gasteiger partial charge in [-0.2, -0.15) is 0 Å². The van der Waals surface area contributed by atoms with Crippen LogP contribution in [0.25, 0.3) is 5.76 Å². The monoisotopic (exact) mass is 412 g/mol. The third kappa shape index (κ3) is 3.96. The zero-order valence-electron chi connectivity index (χ0n) is 8.79. The zero-order chi connectivity index (χ0) is 11.3. The van der Waals surface area contributed by atoms with E-state index in [-0.39, 0.29) is 5.97 Å². The van der Waals surface area contributed by atoms with Crippen molar-refractivity contribution in [1.82, 2.24) is 0 Å². The van der Waals surface area contributed by atoms with Crippen molar-refractivity contribution in [1.29, 1.82) is 0 Å². The van der Waals surface area contributed by atoms with Crippen molar-refractivity contribution in [2.24, 2.45) is 0 Å². The predicted octanol–water partition coefficient (Wildman–Crippen LogP) is 3.17. The molecule has 1 aromatic carbocycles. The summed E-state index contributed by atoms with van der Waals surface area (Å²) < 4.78 is 6.27. The van der Waals surface area contributed by atoms with Gasteiger partial charge in [0.15, 0.2) is 0 Å². The van der Waals surface area contributed by atoms with Gasteiger partial charge in [-0.1, -0.05) is 0 Å². The molecular formula is C11H11ClHgO2. The van der Waals surface area contributed by atoms with Gasteiger partial charge >= 0.3 is 106 Å². The van der Waals surface area contributed by atoms with Gasteiger partial charge in [-0.05, 0) is 0 Å². The van der Waals surface area contributed by atoms with Crippen LogP contribution in [0.15, 0.2) is 33.4 Å². The summed E-state index contributed by atoms with van der Waals surface area (Å²) in [5.74, 6) is 0.353. The molecule has 15 heavy (non-hydrogen) atoms. The molecule has 0 bridgehead atoms. The number of halogens is 1. The molecule has 1 rings (SSSR count). The maximum atomic E-state index is 11.0. The van der Waals surface area contributed by atoms with E-state index in [1.165, 1.54) is 6.92 Å². The molecule has 1 aromatic rings. The van der Waals surface area contributed by atoms with E-state index in [1.54, 1.807) is 0 Å². The van der Waals surface area contributed by atoms with E-state index in [9.17, 15) is 4.79 Å². The van der Waals surface area contributed by atoms with Crippen molar-refractivity contribution in [2.75, 3.05) is 0 Å². The molecule has 0 spiro atoms. The van der Waals surface area contributed by atoms with Gasteiger partial charge in [-0.25, -0.2) is 0 Å². The molecule has 0 fully saturated rings. The molecule has 4 heteroatoms. The number of carbonyl (C=O) groups excluding carboxylic acids is 1. The Morgan fingerprint density at radius 3 is 2.33 bits per heavy atom. The van der Waals surface area contributed by atoms with Crippen LogP contribution >= 0.6 is 8.25 Å². The summed E-state index contributed by atoms with van der Waals surface area (Å²) in [5, 5.41) is 0. The van der Waals surface area contributed by atoms with Crippen molar-refractivity contribution in [3.05, 3.63) is 39.0 Å². The third-order valence-electron chi connectivity index (χ3n) is 1.87. The number of esters is 1. The molecule has 0 saturated heterocycles. The second kappa shape index (κ2) is 6.28. The Bertz CT molecular complexity index is 373. The molecule has 0 unspecified atom stereocenters. The molecule has 0 aliphatic carbocycles. The molecule has 76 valence electrons. The molecule has 0 N–H and O–H groups in total. The van der Waals surface area contributed by atoms with Gasteiger partial charge in [0.1, 0.15) is 0 Å². The van der Waals surface area contributed by atoms with Crippen LogP contribution in [-0.4, -0.2) is 5.97 Å². The van der Waals surface area contributed by atoms with Gasteiger partial charge in [0.05, 0.1) is 0 Å². The van der Waals surface area contributed by atoms with E-state index in [1.807, 2.05) is 37.3 Å². The van der Waals surface area contributed by atoms with Crippen molar-refractivity contribution >= 4 is 20.0 Å². The van der Waals surface area contributed by atoms with Crippen molar-refractivity contribution in [3.63, 3.8) is 0 Å². The first-order chi connectivity index (χ1) is 7.15. The molecule has 0 aromatic heterocycles. The normalized spacial score (nSPS) is 11.4. The Kier molecular flexibility index (Phi) is 5.33. The first-order valence-electron chi connectivity index (χ1n) is 4.64. The van der Waals surface area contributed by atoms with Crippen molar-refractivity contribution < 1.29 is 32.9 Å². The Labute approximate surface area is 105 Å². The third-order valence-corrected chi connectivity index (χ3v) is 8.19. The molecule has 0 radical (unpaired) electrons. The topological polar surface area (TPSA) is 26.3 Å². The van der Waals surface area contributed by atoms with Gasteiger partial charge in [-0.3, -0.25) is 0 Å². The summed E-state index contributed by atoms with van der Waals surface area (Å²) in [6.45, 7) is 3.35. The number of ether oxygens (including phenoxy) is 1. The minimum absolute atomic E-state index is 0.299. The van der Waals surface area contributed by atoms with Gasteiger partial charge in [0.25, 0.3) is 0 Å². The Balaban J connectivity index is 3.08. The van der Waals surface area contributed by atoms with E-state index in [2.05, 4.69) is 0 Å². The standard InChI is InChI=1S/C11H11O2.ClH.Hg/c1-3-11(13-9(2)12)10-7-5-4-6-8-10;;/h4-8H,1-2H3;1H;/q;;+1/p-1. The fourth-order valence-corrected chi connectivity index (χ4v) is 3.80. The minimum atomic E-state index is -1.52. The van der Waals surface area contributed by atoms with Crippen molar-refractivity contribution in [2.45, 2.75) is 13.8 Å². The second-order valence-electron chi connectivity index (χ2n) is 3.20. The summed E-state index contributed by atoms with van der Waals surface area (Å²) in [4.78, 5) is 11.0. The van der Waals surface area contributed by atoms with Crippen LogP contribution in [0.5, 0.6) is 0 Å². The van der Waals surface area contributed by atoms with Gasteiger partial charge in [0.2, 0.25) is 0 Å². The summed E-state index contributed by atoms with van der Waals surface area (Å²) in [5.41, 5.74) is 0.922. The number of allylic oxidation sites excluding steroid dienone is 1. The quantitative estimate of drug-likeness (QED) is 0.434. The molecule has 2 nitrogen and oxygen atoms in total. The molecule has 0 heterocycles. The van der Waals surface area contributed by atoms with E-state index in [0.717, 1.165) is 8.65 Å². The van der Waals surface area contributed by atoms with Gasteiger partial charge < -0.3 is 0 Å². The number of hydrogen-bond acceptors (Lipinski definition) is 2. The molecule has 0 saturated carbocycles. The van der Waals surface area contributed by atoms with Crippen molar-refractivity contribution in [3.8, 4) is 0 Å². The fourth-order valence-electron chi connectivity index (χ4n) is 1.19. The molecule has 0 atom stereocenters. The van der Waals surface area contributed by atoms with Crippen LogP contribution in [0.3, 0.4) is 0 Å². The number of benzene rings is 1. The van der Waals surface area contributed by atoms with Crippen LogP contribution in [0.1, 0.15) is 19.4 Å². The van der Waals surface area contributed by atoms with E-state index >= 15 is 0 Å². The average Bonchev–Trinajstić information content (AvgIpc) is 2.26. The Morgan fingerprint density at radius 2 is 1.87 bits per heavy atom. The molecule has 0 amide bonds.